The number of hydrogen-bond acceptors (Lipinski definition) is 3. The molecule has 1 fully saturated rings. The second-order valence-electron chi connectivity index (χ2n) is 6.33. The number of hydrogen-bond donors (Lipinski definition) is 2. The number of carbonyl (C=O) groups is 2. The summed E-state index contributed by atoms with van der Waals surface area (Å²) in [5.41, 5.74) is 1.63. The predicted octanol–water partition coefficient (Wildman–Crippen LogP) is 2.14. The SMILES string of the molecule is CNC(=O)CCCC(=O)NC1CCCN(c2cc(C)ccc2F)C1. The van der Waals surface area contributed by atoms with Crippen LogP contribution in [0.4, 0.5) is 10.1 Å². The van der Waals surface area contributed by atoms with Crippen LogP contribution in [-0.4, -0.2) is 38.0 Å². The van der Waals surface area contributed by atoms with Crippen LogP contribution >= 0.6 is 0 Å². The van der Waals surface area contributed by atoms with Crippen molar-refractivity contribution in [1.82, 2.24) is 10.6 Å². The normalized spacial score (nSPS) is 17.5. The molecule has 24 heavy (non-hydrogen) atoms. The number of anilines is 1. The Kier molecular flexibility index (Phi) is 6.58. The minimum absolute atomic E-state index is 0.0196. The van der Waals surface area contributed by atoms with Gasteiger partial charge >= 0.3 is 0 Å². The fourth-order valence-corrected chi connectivity index (χ4v) is 3.01. The molecule has 0 aromatic heterocycles. The van der Waals surface area contributed by atoms with Gasteiger partial charge in [-0.1, -0.05) is 6.07 Å². The average molecular weight is 335 g/mol. The van der Waals surface area contributed by atoms with Crippen molar-refractivity contribution in [3.05, 3.63) is 29.6 Å². The summed E-state index contributed by atoms with van der Waals surface area (Å²) in [5.74, 6) is -0.324. The molecule has 1 atom stereocenters. The molecular weight excluding hydrogens is 309 g/mol. The van der Waals surface area contributed by atoms with E-state index >= 15 is 0 Å². The summed E-state index contributed by atoms with van der Waals surface area (Å²) in [6.45, 7) is 3.35. The number of benzene rings is 1. The Hall–Kier alpha value is -2.11. The Bertz CT molecular complexity index is 592. The lowest BCUT2D eigenvalue weighted by atomic mass is 10.0. The monoisotopic (exact) mass is 335 g/mol. The smallest absolute Gasteiger partial charge is 0.220 e. The number of rotatable bonds is 6. The summed E-state index contributed by atoms with van der Waals surface area (Å²) in [6, 6.07) is 5.12. The molecule has 1 heterocycles. The van der Waals surface area contributed by atoms with Crippen LogP contribution in [-0.2, 0) is 9.59 Å². The van der Waals surface area contributed by atoms with Crippen LogP contribution < -0.4 is 15.5 Å². The first-order valence-corrected chi connectivity index (χ1v) is 8.50. The second kappa shape index (κ2) is 8.66. The molecule has 0 aliphatic carbocycles. The van der Waals surface area contributed by atoms with Crippen molar-refractivity contribution in [3.8, 4) is 0 Å². The van der Waals surface area contributed by atoms with E-state index in [2.05, 4.69) is 10.6 Å². The van der Waals surface area contributed by atoms with Gasteiger partial charge in [0.15, 0.2) is 0 Å². The second-order valence-corrected chi connectivity index (χ2v) is 6.33. The Morgan fingerprint density at radius 2 is 2.04 bits per heavy atom. The molecule has 2 N–H and O–H groups in total. The van der Waals surface area contributed by atoms with Gasteiger partial charge < -0.3 is 15.5 Å². The van der Waals surface area contributed by atoms with Crippen LogP contribution in [0.25, 0.3) is 0 Å². The van der Waals surface area contributed by atoms with Crippen molar-refractivity contribution in [2.75, 3.05) is 25.0 Å². The summed E-state index contributed by atoms with van der Waals surface area (Å²) in [4.78, 5) is 25.2. The van der Waals surface area contributed by atoms with Crippen LogP contribution in [0, 0.1) is 12.7 Å². The molecule has 1 aromatic rings. The topological polar surface area (TPSA) is 61.4 Å². The van der Waals surface area contributed by atoms with Crippen LogP contribution in [0.5, 0.6) is 0 Å². The summed E-state index contributed by atoms with van der Waals surface area (Å²) in [6.07, 6.45) is 3.04. The summed E-state index contributed by atoms with van der Waals surface area (Å²) < 4.78 is 14.1. The van der Waals surface area contributed by atoms with Gasteiger partial charge in [0.2, 0.25) is 11.8 Å². The van der Waals surface area contributed by atoms with Crippen LogP contribution in [0.3, 0.4) is 0 Å². The molecule has 2 amide bonds. The standard InChI is InChI=1S/C18H26FN3O2/c1-13-8-9-15(19)16(11-13)22-10-4-5-14(12-22)21-18(24)7-3-6-17(23)20-2/h8-9,11,14H,3-7,10,12H2,1-2H3,(H,20,23)(H,21,24). The van der Waals surface area contributed by atoms with E-state index in [1.807, 2.05) is 17.9 Å². The molecule has 1 aliphatic heterocycles. The van der Waals surface area contributed by atoms with Crippen molar-refractivity contribution < 1.29 is 14.0 Å². The largest absolute Gasteiger partial charge is 0.367 e. The van der Waals surface area contributed by atoms with Gasteiger partial charge in [-0.05, 0) is 43.9 Å². The number of amides is 2. The van der Waals surface area contributed by atoms with Gasteiger partial charge in [0.25, 0.3) is 0 Å². The molecular formula is C18H26FN3O2. The molecule has 1 unspecified atom stereocenters. The number of aryl methyl sites for hydroxylation is 1. The van der Waals surface area contributed by atoms with Gasteiger partial charge in [-0.3, -0.25) is 9.59 Å². The maximum atomic E-state index is 14.1. The number of halogens is 1. The first-order valence-electron chi connectivity index (χ1n) is 8.50. The highest BCUT2D eigenvalue weighted by atomic mass is 19.1. The highest BCUT2D eigenvalue weighted by molar-refractivity contribution is 5.78. The number of nitrogens with zero attached hydrogens (tertiary/aromatic N) is 1. The number of piperidine rings is 1. The van der Waals surface area contributed by atoms with E-state index in [1.54, 1.807) is 13.1 Å². The zero-order chi connectivity index (χ0) is 17.5. The Labute approximate surface area is 142 Å². The molecule has 2 rings (SSSR count). The number of carbonyl (C=O) groups excluding carboxylic acids is 2. The summed E-state index contributed by atoms with van der Waals surface area (Å²) in [5, 5.41) is 5.55. The zero-order valence-corrected chi connectivity index (χ0v) is 14.4. The van der Waals surface area contributed by atoms with Gasteiger partial charge in [-0.15, -0.1) is 0 Å². The number of nitrogens with one attached hydrogen (secondary N) is 2. The van der Waals surface area contributed by atoms with E-state index in [-0.39, 0.29) is 23.7 Å². The van der Waals surface area contributed by atoms with Crippen LogP contribution in [0.2, 0.25) is 0 Å². The molecule has 0 spiro atoms. The van der Waals surface area contributed by atoms with Crippen molar-refractivity contribution in [2.24, 2.45) is 0 Å². The summed E-state index contributed by atoms with van der Waals surface area (Å²) in [7, 11) is 1.59. The zero-order valence-electron chi connectivity index (χ0n) is 14.4. The van der Waals surface area contributed by atoms with Crippen molar-refractivity contribution in [1.29, 1.82) is 0 Å². The van der Waals surface area contributed by atoms with E-state index < -0.39 is 0 Å². The van der Waals surface area contributed by atoms with Gasteiger partial charge in [0, 0.05) is 39.0 Å². The molecule has 1 aromatic carbocycles. The fourth-order valence-electron chi connectivity index (χ4n) is 3.01. The molecule has 5 nitrogen and oxygen atoms in total. The van der Waals surface area contributed by atoms with E-state index in [1.165, 1.54) is 6.07 Å². The Balaban J connectivity index is 1.85. The highest BCUT2D eigenvalue weighted by Gasteiger charge is 2.23. The third-order valence-electron chi connectivity index (χ3n) is 4.32. The van der Waals surface area contributed by atoms with E-state index in [0.29, 0.717) is 31.5 Å². The molecule has 1 aliphatic rings. The maximum absolute atomic E-state index is 14.1. The first kappa shape index (κ1) is 18.2. The van der Waals surface area contributed by atoms with Gasteiger partial charge in [0.1, 0.15) is 5.82 Å². The lowest BCUT2D eigenvalue weighted by Gasteiger charge is -2.35. The third-order valence-corrected chi connectivity index (χ3v) is 4.32. The Morgan fingerprint density at radius 1 is 1.29 bits per heavy atom. The molecule has 1 saturated heterocycles. The molecule has 0 saturated carbocycles. The fraction of sp³-hybridized carbons (Fsp3) is 0.556. The van der Waals surface area contributed by atoms with Gasteiger partial charge in [-0.25, -0.2) is 4.39 Å². The van der Waals surface area contributed by atoms with E-state index in [4.69, 9.17) is 0 Å². The van der Waals surface area contributed by atoms with Gasteiger partial charge in [0.05, 0.1) is 5.69 Å². The van der Waals surface area contributed by atoms with Gasteiger partial charge in [-0.2, -0.15) is 0 Å². The van der Waals surface area contributed by atoms with Crippen molar-refractivity contribution in [3.63, 3.8) is 0 Å². The van der Waals surface area contributed by atoms with E-state index in [0.717, 1.165) is 24.9 Å². The first-order chi connectivity index (χ1) is 11.5. The lowest BCUT2D eigenvalue weighted by molar-refractivity contribution is -0.122. The Morgan fingerprint density at radius 3 is 2.79 bits per heavy atom. The van der Waals surface area contributed by atoms with Crippen LogP contribution in [0.1, 0.15) is 37.7 Å². The van der Waals surface area contributed by atoms with Crippen molar-refractivity contribution >= 4 is 17.5 Å². The average Bonchev–Trinajstić information content (AvgIpc) is 2.57. The maximum Gasteiger partial charge on any atom is 0.220 e. The summed E-state index contributed by atoms with van der Waals surface area (Å²) >= 11 is 0. The molecule has 6 heteroatoms. The quantitative estimate of drug-likeness (QED) is 0.837. The predicted molar refractivity (Wildman–Crippen MR) is 92.4 cm³/mol. The van der Waals surface area contributed by atoms with E-state index in [9.17, 15) is 14.0 Å². The minimum Gasteiger partial charge on any atom is -0.367 e. The van der Waals surface area contributed by atoms with Crippen LogP contribution in [0.15, 0.2) is 18.2 Å². The van der Waals surface area contributed by atoms with Crippen molar-refractivity contribution in [2.45, 2.75) is 45.1 Å². The molecule has 0 bridgehead atoms. The highest BCUT2D eigenvalue weighted by Crippen LogP contribution is 2.24. The third kappa shape index (κ3) is 5.22. The molecule has 132 valence electrons. The molecule has 0 radical (unpaired) electrons. The lowest BCUT2D eigenvalue weighted by Crippen LogP contribution is -2.48. The minimum atomic E-state index is -0.224.